The molecule has 0 aliphatic carbocycles. The monoisotopic (exact) mass is 244 g/mol. The van der Waals surface area contributed by atoms with Crippen LogP contribution in [0.25, 0.3) is 0 Å². The fourth-order valence-corrected chi connectivity index (χ4v) is 2.34. The molecule has 0 aliphatic rings. The van der Waals surface area contributed by atoms with Crippen LogP contribution in [-0.4, -0.2) is 14.7 Å². The van der Waals surface area contributed by atoms with Crippen LogP contribution in [0, 0.1) is 11.2 Å². The first-order valence-electron chi connectivity index (χ1n) is 5.08. The zero-order chi connectivity index (χ0) is 12.6. The van der Waals surface area contributed by atoms with Gasteiger partial charge in [-0.25, -0.2) is 12.8 Å². The molecule has 2 nitrogen and oxygen atoms in total. The van der Waals surface area contributed by atoms with Gasteiger partial charge in [-0.2, -0.15) is 0 Å². The van der Waals surface area contributed by atoms with Crippen molar-refractivity contribution in [3.63, 3.8) is 0 Å². The summed E-state index contributed by atoms with van der Waals surface area (Å²) in [6, 6.07) is 4.28. The van der Waals surface area contributed by atoms with E-state index in [1.54, 1.807) is 6.07 Å². The van der Waals surface area contributed by atoms with Gasteiger partial charge >= 0.3 is 0 Å². The third-order valence-electron chi connectivity index (χ3n) is 2.13. The molecule has 0 spiro atoms. The van der Waals surface area contributed by atoms with E-state index in [0.717, 1.165) is 18.2 Å². The SMILES string of the molecule is CC(C)(C)Cc1ccc(F)c(S(C)(=O)=O)c1. The van der Waals surface area contributed by atoms with Gasteiger partial charge in [0.15, 0.2) is 9.84 Å². The van der Waals surface area contributed by atoms with E-state index in [2.05, 4.69) is 20.8 Å². The van der Waals surface area contributed by atoms with Crippen molar-refractivity contribution in [3.05, 3.63) is 29.6 Å². The second-order valence-electron chi connectivity index (χ2n) is 5.27. The van der Waals surface area contributed by atoms with Crippen LogP contribution in [0.3, 0.4) is 0 Å². The Balaban J connectivity index is 3.19. The van der Waals surface area contributed by atoms with E-state index < -0.39 is 15.7 Å². The molecular formula is C12H17FO2S. The van der Waals surface area contributed by atoms with Gasteiger partial charge in [0.2, 0.25) is 0 Å². The van der Waals surface area contributed by atoms with Gasteiger partial charge in [-0.1, -0.05) is 26.8 Å². The molecule has 0 atom stereocenters. The van der Waals surface area contributed by atoms with Crippen LogP contribution in [0.2, 0.25) is 0 Å². The van der Waals surface area contributed by atoms with E-state index in [9.17, 15) is 12.8 Å². The van der Waals surface area contributed by atoms with E-state index in [-0.39, 0.29) is 10.3 Å². The van der Waals surface area contributed by atoms with Crippen LogP contribution in [0.15, 0.2) is 23.1 Å². The lowest BCUT2D eigenvalue weighted by Crippen LogP contribution is -2.10. The van der Waals surface area contributed by atoms with E-state index in [4.69, 9.17) is 0 Å². The Bertz CT molecular complexity index is 484. The van der Waals surface area contributed by atoms with Crippen molar-refractivity contribution in [1.29, 1.82) is 0 Å². The third-order valence-corrected chi connectivity index (χ3v) is 3.24. The number of hydrogen-bond acceptors (Lipinski definition) is 2. The first-order valence-corrected chi connectivity index (χ1v) is 6.97. The normalized spacial score (nSPS) is 12.8. The van der Waals surface area contributed by atoms with Crippen molar-refractivity contribution >= 4 is 9.84 Å². The van der Waals surface area contributed by atoms with Gasteiger partial charge in [0.05, 0.1) is 0 Å². The molecule has 0 fully saturated rings. The number of halogens is 1. The molecule has 0 saturated heterocycles. The Morgan fingerprint density at radius 1 is 1.25 bits per heavy atom. The van der Waals surface area contributed by atoms with Crippen LogP contribution < -0.4 is 0 Å². The van der Waals surface area contributed by atoms with Crippen molar-refractivity contribution in [2.24, 2.45) is 5.41 Å². The Hall–Kier alpha value is -0.900. The number of sulfone groups is 1. The fourth-order valence-electron chi connectivity index (χ4n) is 1.55. The van der Waals surface area contributed by atoms with Gasteiger partial charge in [0.25, 0.3) is 0 Å². The molecule has 0 saturated carbocycles. The summed E-state index contributed by atoms with van der Waals surface area (Å²) in [6.07, 6.45) is 1.74. The first kappa shape index (κ1) is 13.2. The molecule has 4 heteroatoms. The average molecular weight is 244 g/mol. The Kier molecular flexibility index (Phi) is 3.43. The summed E-state index contributed by atoms with van der Waals surface area (Å²) in [5.74, 6) is -0.680. The van der Waals surface area contributed by atoms with E-state index in [1.165, 1.54) is 12.1 Å². The molecule has 0 aliphatic heterocycles. The van der Waals surface area contributed by atoms with Crippen LogP contribution in [0.5, 0.6) is 0 Å². The zero-order valence-corrected chi connectivity index (χ0v) is 10.9. The van der Waals surface area contributed by atoms with Crippen molar-refractivity contribution in [3.8, 4) is 0 Å². The molecular weight excluding hydrogens is 227 g/mol. The fraction of sp³-hybridized carbons (Fsp3) is 0.500. The molecule has 0 amide bonds. The number of rotatable bonds is 2. The molecule has 16 heavy (non-hydrogen) atoms. The Morgan fingerprint density at radius 3 is 2.25 bits per heavy atom. The predicted molar refractivity (Wildman–Crippen MR) is 62.7 cm³/mol. The standard InChI is InChI=1S/C12H17FO2S/c1-12(2,3)8-9-5-6-10(13)11(7-9)16(4,14)15/h5-7H,8H2,1-4H3. The quantitative estimate of drug-likeness (QED) is 0.801. The summed E-state index contributed by atoms with van der Waals surface area (Å²) < 4.78 is 36.0. The molecule has 1 aromatic rings. The van der Waals surface area contributed by atoms with Crippen LogP contribution in [0.4, 0.5) is 4.39 Å². The minimum absolute atomic E-state index is 0.0482. The highest BCUT2D eigenvalue weighted by atomic mass is 32.2. The van der Waals surface area contributed by atoms with Crippen molar-refractivity contribution < 1.29 is 12.8 Å². The second-order valence-corrected chi connectivity index (χ2v) is 7.26. The number of benzene rings is 1. The molecule has 0 unspecified atom stereocenters. The summed E-state index contributed by atoms with van der Waals surface area (Å²) in [5.41, 5.74) is 0.890. The van der Waals surface area contributed by atoms with Gasteiger partial charge in [-0.15, -0.1) is 0 Å². The lowest BCUT2D eigenvalue weighted by atomic mass is 9.88. The van der Waals surface area contributed by atoms with Crippen molar-refractivity contribution in [2.75, 3.05) is 6.26 Å². The molecule has 0 radical (unpaired) electrons. The molecule has 0 bridgehead atoms. The van der Waals surface area contributed by atoms with Gasteiger partial charge < -0.3 is 0 Å². The highest BCUT2D eigenvalue weighted by molar-refractivity contribution is 7.90. The third kappa shape index (κ3) is 3.59. The highest BCUT2D eigenvalue weighted by Gasteiger charge is 2.17. The van der Waals surface area contributed by atoms with Crippen LogP contribution in [-0.2, 0) is 16.3 Å². The van der Waals surface area contributed by atoms with Crippen molar-refractivity contribution in [2.45, 2.75) is 32.1 Å². The Labute approximate surface area is 96.4 Å². The summed E-state index contributed by atoms with van der Waals surface area (Å²) in [6.45, 7) is 6.16. The summed E-state index contributed by atoms with van der Waals surface area (Å²) >= 11 is 0. The lowest BCUT2D eigenvalue weighted by Gasteiger charge is -2.18. The number of hydrogen-bond donors (Lipinski definition) is 0. The van der Waals surface area contributed by atoms with Crippen molar-refractivity contribution in [1.82, 2.24) is 0 Å². The summed E-state index contributed by atoms with van der Waals surface area (Å²) in [5, 5.41) is 0. The maximum Gasteiger partial charge on any atom is 0.178 e. The predicted octanol–water partition coefficient (Wildman–Crippen LogP) is 2.82. The summed E-state index contributed by atoms with van der Waals surface area (Å²) in [4.78, 5) is -0.214. The summed E-state index contributed by atoms with van der Waals surface area (Å²) in [7, 11) is -3.49. The van der Waals surface area contributed by atoms with Gasteiger partial charge in [0, 0.05) is 6.26 Å². The maximum atomic E-state index is 13.3. The average Bonchev–Trinajstić information content (AvgIpc) is 2.04. The second kappa shape index (κ2) is 4.17. The van der Waals surface area contributed by atoms with E-state index in [1.807, 2.05) is 0 Å². The van der Waals surface area contributed by atoms with Gasteiger partial charge in [-0.3, -0.25) is 0 Å². The zero-order valence-electron chi connectivity index (χ0n) is 10.0. The topological polar surface area (TPSA) is 34.1 Å². The van der Waals surface area contributed by atoms with Crippen LogP contribution in [0.1, 0.15) is 26.3 Å². The highest BCUT2D eigenvalue weighted by Crippen LogP contribution is 2.23. The molecule has 0 aromatic heterocycles. The maximum absolute atomic E-state index is 13.3. The molecule has 90 valence electrons. The minimum atomic E-state index is -3.49. The van der Waals surface area contributed by atoms with E-state index >= 15 is 0 Å². The first-order chi connectivity index (χ1) is 7.09. The van der Waals surface area contributed by atoms with E-state index in [0.29, 0.717) is 0 Å². The van der Waals surface area contributed by atoms with Gasteiger partial charge in [0.1, 0.15) is 10.7 Å². The van der Waals surface area contributed by atoms with Gasteiger partial charge in [-0.05, 0) is 29.5 Å². The largest absolute Gasteiger partial charge is 0.224 e. The molecule has 0 N–H and O–H groups in total. The Morgan fingerprint density at radius 2 is 1.81 bits per heavy atom. The van der Waals surface area contributed by atoms with Crippen LogP contribution >= 0.6 is 0 Å². The molecule has 1 rings (SSSR count). The molecule has 1 aromatic carbocycles. The smallest absolute Gasteiger partial charge is 0.178 e. The minimum Gasteiger partial charge on any atom is -0.224 e. The molecule has 0 heterocycles. The lowest BCUT2D eigenvalue weighted by molar-refractivity contribution is 0.410.